The van der Waals surface area contributed by atoms with Crippen LogP contribution in [0, 0.1) is 5.82 Å². The van der Waals surface area contributed by atoms with Crippen molar-refractivity contribution in [2.24, 2.45) is 5.10 Å². The molecule has 2 aromatic rings. The number of nitrogens with zero attached hydrogens (tertiary/aromatic N) is 2. The van der Waals surface area contributed by atoms with Crippen LogP contribution >= 0.6 is 11.6 Å². The number of carbonyl (C=O) groups is 1. The monoisotopic (exact) mass is 465 g/mol. The van der Waals surface area contributed by atoms with Crippen LogP contribution in [0.2, 0.25) is 5.02 Å². The van der Waals surface area contributed by atoms with E-state index < -0.39 is 45.7 Å². The minimum atomic E-state index is -4.73. The quantitative estimate of drug-likeness (QED) is 0.400. The SMILES string of the molecule is C/C(=N\NC(=O)CN(c1cc(C(F)(F)F)ccc1Cl)S(C)(=O)=O)c1ccc(F)cc1. The van der Waals surface area contributed by atoms with Gasteiger partial charge in [-0.05, 0) is 42.8 Å². The Morgan fingerprint density at radius 1 is 1.17 bits per heavy atom. The molecule has 6 nitrogen and oxygen atoms in total. The summed E-state index contributed by atoms with van der Waals surface area (Å²) in [6, 6.07) is 7.37. The maximum Gasteiger partial charge on any atom is 0.416 e. The zero-order valence-corrected chi connectivity index (χ0v) is 17.2. The maximum atomic E-state index is 13.0. The number of hydrogen-bond acceptors (Lipinski definition) is 4. The largest absolute Gasteiger partial charge is 0.416 e. The molecule has 0 saturated carbocycles. The van der Waals surface area contributed by atoms with Gasteiger partial charge in [-0.25, -0.2) is 18.2 Å². The zero-order chi connectivity index (χ0) is 22.7. The van der Waals surface area contributed by atoms with Gasteiger partial charge in [-0.2, -0.15) is 18.3 Å². The number of carbonyl (C=O) groups excluding carboxylic acids is 1. The van der Waals surface area contributed by atoms with E-state index in [0.717, 1.165) is 12.3 Å². The van der Waals surface area contributed by atoms with Gasteiger partial charge in [0.15, 0.2) is 0 Å². The highest BCUT2D eigenvalue weighted by Gasteiger charge is 2.33. The summed E-state index contributed by atoms with van der Waals surface area (Å²) < 4.78 is 76.6. The van der Waals surface area contributed by atoms with E-state index in [1.54, 1.807) is 0 Å². The number of sulfonamides is 1. The smallest absolute Gasteiger partial charge is 0.271 e. The van der Waals surface area contributed by atoms with Crippen LogP contribution in [-0.2, 0) is 21.0 Å². The molecule has 0 saturated heterocycles. The number of alkyl halides is 3. The molecule has 0 spiro atoms. The van der Waals surface area contributed by atoms with Gasteiger partial charge in [0, 0.05) is 0 Å². The summed E-state index contributed by atoms with van der Waals surface area (Å²) in [5.41, 5.74) is 1.29. The highest BCUT2D eigenvalue weighted by Crippen LogP contribution is 2.36. The topological polar surface area (TPSA) is 78.8 Å². The molecule has 0 atom stereocenters. The van der Waals surface area contributed by atoms with Crippen LogP contribution < -0.4 is 9.73 Å². The number of hydrazone groups is 1. The van der Waals surface area contributed by atoms with E-state index in [9.17, 15) is 30.8 Å². The molecule has 0 bridgehead atoms. The molecular weight excluding hydrogens is 450 g/mol. The van der Waals surface area contributed by atoms with E-state index >= 15 is 0 Å². The fraction of sp³-hybridized carbons (Fsp3) is 0.222. The Morgan fingerprint density at radius 3 is 2.30 bits per heavy atom. The van der Waals surface area contributed by atoms with Gasteiger partial charge in [0.05, 0.1) is 28.2 Å². The first-order valence-corrected chi connectivity index (χ1v) is 10.4. The molecule has 0 aliphatic heterocycles. The molecule has 0 fully saturated rings. The summed E-state index contributed by atoms with van der Waals surface area (Å²) in [6.45, 7) is 0.658. The number of anilines is 1. The molecule has 1 N–H and O–H groups in total. The van der Waals surface area contributed by atoms with Gasteiger partial charge < -0.3 is 0 Å². The lowest BCUT2D eigenvalue weighted by atomic mass is 10.1. The van der Waals surface area contributed by atoms with Crippen molar-refractivity contribution >= 4 is 38.9 Å². The van der Waals surface area contributed by atoms with Crippen LogP contribution in [0.5, 0.6) is 0 Å². The lowest BCUT2D eigenvalue weighted by Crippen LogP contribution is -2.39. The molecule has 30 heavy (non-hydrogen) atoms. The summed E-state index contributed by atoms with van der Waals surface area (Å²) in [4.78, 5) is 12.2. The van der Waals surface area contributed by atoms with Gasteiger partial charge in [-0.15, -0.1) is 0 Å². The minimum Gasteiger partial charge on any atom is -0.271 e. The molecule has 12 heteroatoms. The minimum absolute atomic E-state index is 0.285. The van der Waals surface area contributed by atoms with E-state index in [4.69, 9.17) is 11.6 Å². The first-order chi connectivity index (χ1) is 13.8. The number of hydrogen-bond donors (Lipinski definition) is 1. The normalized spacial score (nSPS) is 12.6. The van der Waals surface area contributed by atoms with Crippen molar-refractivity contribution in [3.63, 3.8) is 0 Å². The molecule has 0 radical (unpaired) electrons. The van der Waals surface area contributed by atoms with E-state index in [0.29, 0.717) is 27.7 Å². The second-order valence-corrected chi connectivity index (χ2v) is 8.49. The second kappa shape index (κ2) is 9.00. The van der Waals surface area contributed by atoms with Crippen molar-refractivity contribution in [1.82, 2.24) is 5.43 Å². The number of amides is 1. The van der Waals surface area contributed by atoms with Crippen LogP contribution in [0.4, 0.5) is 23.2 Å². The predicted octanol–water partition coefficient (Wildman–Crippen LogP) is 3.80. The third-order valence-corrected chi connectivity index (χ3v) is 5.29. The highest BCUT2D eigenvalue weighted by atomic mass is 35.5. The molecule has 162 valence electrons. The van der Waals surface area contributed by atoms with Crippen molar-refractivity contribution in [2.45, 2.75) is 13.1 Å². The molecule has 0 aliphatic carbocycles. The van der Waals surface area contributed by atoms with Gasteiger partial charge in [0.2, 0.25) is 10.0 Å². The zero-order valence-electron chi connectivity index (χ0n) is 15.7. The Morgan fingerprint density at radius 2 is 1.77 bits per heavy atom. The molecule has 0 unspecified atom stereocenters. The second-order valence-electron chi connectivity index (χ2n) is 6.17. The van der Waals surface area contributed by atoms with Crippen molar-refractivity contribution in [3.8, 4) is 0 Å². The summed E-state index contributed by atoms with van der Waals surface area (Å²) >= 11 is 5.89. The number of benzene rings is 2. The lowest BCUT2D eigenvalue weighted by molar-refractivity contribution is -0.137. The average Bonchev–Trinajstić information content (AvgIpc) is 2.63. The average molecular weight is 466 g/mol. The van der Waals surface area contributed by atoms with Crippen LogP contribution in [0.1, 0.15) is 18.1 Å². The van der Waals surface area contributed by atoms with Gasteiger partial charge in [0.25, 0.3) is 5.91 Å². The standard InChI is InChI=1S/C18H16ClF4N3O3S/c1-11(12-3-6-14(20)7-4-12)24-25-17(27)10-26(30(2,28)29)16-9-13(18(21,22)23)5-8-15(16)19/h3-9H,10H2,1-2H3,(H,25,27)/b24-11+. The number of halogens is 5. The molecule has 0 aromatic heterocycles. The predicted molar refractivity (Wildman–Crippen MR) is 105 cm³/mol. The fourth-order valence-electron chi connectivity index (χ4n) is 2.33. The Kier molecular flexibility index (Phi) is 7.09. The number of rotatable bonds is 6. The molecule has 2 aromatic carbocycles. The molecule has 2 rings (SSSR count). The first-order valence-electron chi connectivity index (χ1n) is 8.22. The van der Waals surface area contributed by atoms with Crippen molar-refractivity contribution in [2.75, 3.05) is 17.1 Å². The summed E-state index contributed by atoms with van der Waals surface area (Å²) in [7, 11) is -4.16. The van der Waals surface area contributed by atoms with E-state index in [1.165, 1.54) is 31.2 Å². The van der Waals surface area contributed by atoms with Crippen LogP contribution in [0.25, 0.3) is 0 Å². The molecular formula is C18H16ClF4N3O3S. The highest BCUT2D eigenvalue weighted by molar-refractivity contribution is 7.92. The summed E-state index contributed by atoms with van der Waals surface area (Å²) in [5, 5.41) is 3.51. The Labute approximate surface area is 175 Å². The first kappa shape index (κ1) is 23.6. The lowest BCUT2D eigenvalue weighted by Gasteiger charge is -2.23. The van der Waals surface area contributed by atoms with Gasteiger partial charge in [-0.3, -0.25) is 9.10 Å². The van der Waals surface area contributed by atoms with Crippen LogP contribution in [0.3, 0.4) is 0 Å². The number of nitrogens with one attached hydrogen (secondary N) is 1. The third kappa shape index (κ3) is 6.17. The third-order valence-electron chi connectivity index (χ3n) is 3.84. The van der Waals surface area contributed by atoms with E-state index in [-0.39, 0.29) is 5.02 Å². The fourth-order valence-corrected chi connectivity index (χ4v) is 3.46. The van der Waals surface area contributed by atoms with Crippen molar-refractivity contribution < 1.29 is 30.8 Å². The maximum absolute atomic E-state index is 13.0. The van der Waals surface area contributed by atoms with E-state index in [1.807, 2.05) is 0 Å². The molecule has 0 heterocycles. The Bertz CT molecular complexity index is 1070. The van der Waals surface area contributed by atoms with Gasteiger partial charge in [0.1, 0.15) is 12.4 Å². The Hall–Kier alpha value is -2.66. The van der Waals surface area contributed by atoms with E-state index in [2.05, 4.69) is 10.5 Å². The summed E-state index contributed by atoms with van der Waals surface area (Å²) in [5.74, 6) is -1.38. The van der Waals surface area contributed by atoms with Gasteiger partial charge >= 0.3 is 6.18 Å². The molecule has 1 amide bonds. The van der Waals surface area contributed by atoms with Crippen LogP contribution in [-0.4, -0.2) is 32.8 Å². The van der Waals surface area contributed by atoms with Crippen molar-refractivity contribution in [1.29, 1.82) is 0 Å². The molecule has 0 aliphatic rings. The Balaban J connectivity index is 2.27. The summed E-state index contributed by atoms with van der Waals surface area (Å²) in [6.07, 6.45) is -4.01. The van der Waals surface area contributed by atoms with Crippen LogP contribution in [0.15, 0.2) is 47.6 Å². The van der Waals surface area contributed by atoms with Gasteiger partial charge in [-0.1, -0.05) is 23.7 Å². The van der Waals surface area contributed by atoms with Crippen molar-refractivity contribution in [3.05, 3.63) is 64.4 Å².